The molecule has 1 amide bonds. The van der Waals surface area contributed by atoms with E-state index in [2.05, 4.69) is 10.3 Å². The van der Waals surface area contributed by atoms with E-state index in [0.717, 1.165) is 42.4 Å². The van der Waals surface area contributed by atoms with Gasteiger partial charge < -0.3 is 10.2 Å². The molecule has 0 unspecified atom stereocenters. The quantitative estimate of drug-likeness (QED) is 0.928. The van der Waals surface area contributed by atoms with Gasteiger partial charge in [0.1, 0.15) is 5.01 Å². The summed E-state index contributed by atoms with van der Waals surface area (Å²) in [7, 11) is 0. The summed E-state index contributed by atoms with van der Waals surface area (Å²) in [5.74, 6) is 1.46. The Labute approximate surface area is 144 Å². The molecule has 2 atom stereocenters. The monoisotopic (exact) mass is 347 g/mol. The molecule has 2 saturated heterocycles. The number of amides is 1. The Morgan fingerprint density at radius 2 is 2.04 bits per heavy atom. The zero-order valence-corrected chi connectivity index (χ0v) is 14.2. The standard InChI is InChI=1S/C17H18ClN3OS/c18-15-4-2-1-3-14(15)17-20-13(10-23-17)5-16(22)21-8-11-6-19-7-12(11)9-21/h1-4,10-12,19H,5-9H2/t11-,12+. The second-order valence-electron chi connectivity index (χ2n) is 6.28. The van der Waals surface area contributed by atoms with E-state index < -0.39 is 0 Å². The van der Waals surface area contributed by atoms with Gasteiger partial charge in [-0.15, -0.1) is 11.3 Å². The number of benzene rings is 1. The molecule has 0 bridgehead atoms. The molecule has 2 aliphatic heterocycles. The highest BCUT2D eigenvalue weighted by Crippen LogP contribution is 2.31. The first-order chi connectivity index (χ1) is 11.2. The average molecular weight is 348 g/mol. The molecule has 0 aliphatic carbocycles. The van der Waals surface area contributed by atoms with Crippen molar-refractivity contribution in [2.75, 3.05) is 26.2 Å². The summed E-state index contributed by atoms with van der Waals surface area (Å²) in [6.45, 7) is 3.86. The van der Waals surface area contributed by atoms with Crippen molar-refractivity contribution >= 4 is 28.8 Å². The normalized spacial score (nSPS) is 23.3. The number of thiazole rings is 1. The molecule has 4 nitrogen and oxygen atoms in total. The summed E-state index contributed by atoms with van der Waals surface area (Å²) in [4.78, 5) is 19.1. The van der Waals surface area contributed by atoms with Gasteiger partial charge in [-0.3, -0.25) is 4.79 Å². The van der Waals surface area contributed by atoms with Crippen LogP contribution in [0.25, 0.3) is 10.6 Å². The van der Waals surface area contributed by atoms with Crippen molar-refractivity contribution in [1.29, 1.82) is 0 Å². The van der Waals surface area contributed by atoms with E-state index in [4.69, 9.17) is 11.6 Å². The van der Waals surface area contributed by atoms with E-state index in [9.17, 15) is 4.79 Å². The lowest BCUT2D eigenvalue weighted by Crippen LogP contribution is -2.33. The zero-order valence-electron chi connectivity index (χ0n) is 12.7. The number of hydrogen-bond donors (Lipinski definition) is 1. The maximum atomic E-state index is 12.5. The zero-order chi connectivity index (χ0) is 15.8. The number of carbonyl (C=O) groups excluding carboxylic acids is 1. The summed E-state index contributed by atoms with van der Waals surface area (Å²) in [5.41, 5.74) is 1.77. The molecular weight excluding hydrogens is 330 g/mol. The van der Waals surface area contributed by atoms with Gasteiger partial charge in [0, 0.05) is 37.1 Å². The Morgan fingerprint density at radius 1 is 1.30 bits per heavy atom. The molecule has 2 aromatic rings. The van der Waals surface area contributed by atoms with Gasteiger partial charge in [-0.05, 0) is 17.9 Å². The number of nitrogens with one attached hydrogen (secondary N) is 1. The van der Waals surface area contributed by atoms with Crippen molar-refractivity contribution < 1.29 is 4.79 Å². The number of aromatic nitrogens is 1. The highest BCUT2D eigenvalue weighted by molar-refractivity contribution is 7.13. The lowest BCUT2D eigenvalue weighted by atomic mass is 10.0. The van der Waals surface area contributed by atoms with Crippen LogP contribution in [0, 0.1) is 11.8 Å². The van der Waals surface area contributed by atoms with Gasteiger partial charge in [0.2, 0.25) is 5.91 Å². The lowest BCUT2D eigenvalue weighted by molar-refractivity contribution is -0.129. The highest BCUT2D eigenvalue weighted by atomic mass is 35.5. The summed E-state index contributed by atoms with van der Waals surface area (Å²) in [6, 6.07) is 7.68. The average Bonchev–Trinajstić information content (AvgIpc) is 3.22. The maximum Gasteiger partial charge on any atom is 0.228 e. The van der Waals surface area contributed by atoms with Crippen LogP contribution in [0.15, 0.2) is 29.6 Å². The molecule has 120 valence electrons. The predicted octanol–water partition coefficient (Wildman–Crippen LogP) is 2.68. The van der Waals surface area contributed by atoms with Crippen molar-refractivity contribution in [1.82, 2.24) is 15.2 Å². The molecule has 2 aliphatic rings. The minimum atomic E-state index is 0.190. The van der Waals surface area contributed by atoms with Crippen LogP contribution < -0.4 is 5.32 Å². The molecule has 0 saturated carbocycles. The number of hydrogen-bond acceptors (Lipinski definition) is 4. The minimum Gasteiger partial charge on any atom is -0.342 e. The molecule has 1 aromatic heterocycles. The van der Waals surface area contributed by atoms with E-state index in [1.165, 1.54) is 0 Å². The summed E-state index contributed by atoms with van der Waals surface area (Å²) >= 11 is 7.76. The van der Waals surface area contributed by atoms with E-state index in [0.29, 0.717) is 23.3 Å². The molecule has 1 N–H and O–H groups in total. The molecule has 3 heterocycles. The fourth-order valence-corrected chi connectivity index (χ4v) is 4.61. The van der Waals surface area contributed by atoms with Gasteiger partial charge >= 0.3 is 0 Å². The molecule has 2 fully saturated rings. The fourth-order valence-electron chi connectivity index (χ4n) is 3.47. The number of nitrogens with zero attached hydrogens (tertiary/aromatic N) is 2. The summed E-state index contributed by atoms with van der Waals surface area (Å²) < 4.78 is 0. The maximum absolute atomic E-state index is 12.5. The molecule has 0 radical (unpaired) electrons. The van der Waals surface area contributed by atoms with Gasteiger partial charge in [0.15, 0.2) is 0 Å². The lowest BCUT2D eigenvalue weighted by Gasteiger charge is -2.16. The van der Waals surface area contributed by atoms with Crippen LogP contribution in [0.5, 0.6) is 0 Å². The van der Waals surface area contributed by atoms with Crippen molar-refractivity contribution in [3.63, 3.8) is 0 Å². The third-order valence-electron chi connectivity index (χ3n) is 4.73. The van der Waals surface area contributed by atoms with Crippen molar-refractivity contribution in [3.8, 4) is 10.6 Å². The molecule has 6 heteroatoms. The van der Waals surface area contributed by atoms with Gasteiger partial charge in [-0.2, -0.15) is 0 Å². The number of fused-ring (bicyclic) bond motifs is 1. The smallest absolute Gasteiger partial charge is 0.228 e. The Kier molecular flexibility index (Phi) is 4.09. The first-order valence-corrected chi connectivity index (χ1v) is 9.14. The van der Waals surface area contributed by atoms with E-state index in [-0.39, 0.29) is 5.91 Å². The highest BCUT2D eigenvalue weighted by Gasteiger charge is 2.37. The third kappa shape index (κ3) is 3.01. The minimum absolute atomic E-state index is 0.190. The summed E-state index contributed by atoms with van der Waals surface area (Å²) in [5, 5.41) is 6.94. The molecule has 1 aromatic carbocycles. The number of halogens is 1. The van der Waals surface area contributed by atoms with Gasteiger partial charge in [-0.1, -0.05) is 29.8 Å². The Bertz CT molecular complexity index is 720. The Hall–Kier alpha value is -1.43. The second-order valence-corrected chi connectivity index (χ2v) is 7.54. The number of rotatable bonds is 3. The van der Waals surface area contributed by atoms with E-state index in [1.54, 1.807) is 11.3 Å². The number of carbonyl (C=O) groups is 1. The van der Waals surface area contributed by atoms with Crippen molar-refractivity contribution in [2.45, 2.75) is 6.42 Å². The topological polar surface area (TPSA) is 45.2 Å². The van der Waals surface area contributed by atoms with Crippen LogP contribution in [-0.4, -0.2) is 42.0 Å². The largest absolute Gasteiger partial charge is 0.342 e. The van der Waals surface area contributed by atoms with Gasteiger partial charge in [-0.25, -0.2) is 4.98 Å². The van der Waals surface area contributed by atoms with Crippen molar-refractivity contribution in [3.05, 3.63) is 40.4 Å². The fraction of sp³-hybridized carbons (Fsp3) is 0.412. The molecule has 0 spiro atoms. The first kappa shape index (κ1) is 15.1. The van der Waals surface area contributed by atoms with Crippen LogP contribution in [0.2, 0.25) is 5.02 Å². The molecule has 4 rings (SSSR count). The van der Waals surface area contributed by atoms with E-state index >= 15 is 0 Å². The van der Waals surface area contributed by atoms with Crippen LogP contribution in [0.1, 0.15) is 5.69 Å². The Balaban J connectivity index is 1.44. The molecule has 23 heavy (non-hydrogen) atoms. The second kappa shape index (κ2) is 6.23. The van der Waals surface area contributed by atoms with Crippen LogP contribution in [0.3, 0.4) is 0 Å². The number of likely N-dealkylation sites (tertiary alicyclic amines) is 1. The predicted molar refractivity (Wildman–Crippen MR) is 92.7 cm³/mol. The van der Waals surface area contributed by atoms with Crippen LogP contribution >= 0.6 is 22.9 Å². The summed E-state index contributed by atoms with van der Waals surface area (Å²) in [6.07, 6.45) is 0.383. The molecular formula is C17H18ClN3OS. The van der Waals surface area contributed by atoms with Crippen LogP contribution in [0.4, 0.5) is 0 Å². The van der Waals surface area contributed by atoms with Crippen LogP contribution in [-0.2, 0) is 11.2 Å². The third-order valence-corrected chi connectivity index (χ3v) is 5.98. The van der Waals surface area contributed by atoms with E-state index in [1.807, 2.05) is 34.5 Å². The van der Waals surface area contributed by atoms with Gasteiger partial charge in [0.05, 0.1) is 17.1 Å². The first-order valence-electron chi connectivity index (χ1n) is 7.88. The van der Waals surface area contributed by atoms with Gasteiger partial charge in [0.25, 0.3) is 0 Å². The van der Waals surface area contributed by atoms with Crippen molar-refractivity contribution in [2.24, 2.45) is 11.8 Å². The SMILES string of the molecule is O=C(Cc1csc(-c2ccccc2Cl)n1)N1C[C@H]2CNC[C@H]2C1. The Morgan fingerprint density at radius 3 is 2.78 bits per heavy atom.